The third-order valence-electron chi connectivity index (χ3n) is 3.93. The molecule has 0 aliphatic heterocycles. The van der Waals surface area contributed by atoms with Gasteiger partial charge in [-0.3, -0.25) is 4.79 Å². The Morgan fingerprint density at radius 3 is 2.42 bits per heavy atom. The Morgan fingerprint density at radius 2 is 1.81 bits per heavy atom. The Bertz CT molecular complexity index is 848. The van der Waals surface area contributed by atoms with Crippen LogP contribution in [-0.2, 0) is 4.79 Å². The number of ether oxygens (including phenoxy) is 1. The zero-order valence-electron chi connectivity index (χ0n) is 14.5. The summed E-state index contributed by atoms with van der Waals surface area (Å²) >= 11 is 5.85. The van der Waals surface area contributed by atoms with Crippen LogP contribution in [0.5, 0.6) is 5.75 Å². The number of aromatic nitrogens is 3. The van der Waals surface area contributed by atoms with E-state index < -0.39 is 6.10 Å². The number of benzene rings is 2. The van der Waals surface area contributed by atoms with Gasteiger partial charge in [-0.2, -0.15) is 5.10 Å². The van der Waals surface area contributed by atoms with Gasteiger partial charge >= 0.3 is 0 Å². The molecule has 0 spiro atoms. The van der Waals surface area contributed by atoms with E-state index >= 15 is 0 Å². The number of hydrogen-bond acceptors (Lipinski definition) is 4. The van der Waals surface area contributed by atoms with Crippen molar-refractivity contribution < 1.29 is 9.53 Å². The molecule has 1 amide bonds. The molecule has 0 bridgehead atoms. The molecule has 26 heavy (non-hydrogen) atoms. The predicted octanol–water partition coefficient (Wildman–Crippen LogP) is 3.57. The maximum atomic E-state index is 12.4. The predicted molar refractivity (Wildman–Crippen MR) is 99.5 cm³/mol. The average molecular weight is 371 g/mol. The normalized spacial score (nSPS) is 13.0. The summed E-state index contributed by atoms with van der Waals surface area (Å²) in [6, 6.07) is 14.5. The van der Waals surface area contributed by atoms with E-state index in [0.29, 0.717) is 10.8 Å². The molecule has 134 valence electrons. The van der Waals surface area contributed by atoms with Gasteiger partial charge < -0.3 is 10.1 Å². The zero-order valence-corrected chi connectivity index (χ0v) is 15.2. The van der Waals surface area contributed by atoms with Crippen molar-refractivity contribution in [2.45, 2.75) is 26.0 Å². The smallest absolute Gasteiger partial charge is 0.261 e. The lowest BCUT2D eigenvalue weighted by Gasteiger charge is -2.19. The van der Waals surface area contributed by atoms with Gasteiger partial charge in [0, 0.05) is 5.02 Å². The van der Waals surface area contributed by atoms with Crippen LogP contribution < -0.4 is 10.1 Å². The highest BCUT2D eigenvalue weighted by atomic mass is 35.5. The standard InChI is InChI=1S/C19H19ClN4O2/c1-13(15-3-7-17(8-4-15)24-12-21-11-22-24)23-19(25)14(2)26-18-9-5-16(20)6-10-18/h3-14H,1-2H3,(H,23,25)/t13-,14+/m0/s1. The number of carbonyl (C=O) groups is 1. The van der Waals surface area contributed by atoms with Gasteiger partial charge in [-0.25, -0.2) is 9.67 Å². The number of rotatable bonds is 6. The molecule has 0 fully saturated rings. The van der Waals surface area contributed by atoms with Gasteiger partial charge in [0.15, 0.2) is 6.10 Å². The van der Waals surface area contributed by atoms with Crippen LogP contribution in [-0.4, -0.2) is 26.8 Å². The van der Waals surface area contributed by atoms with Crippen LogP contribution in [0.3, 0.4) is 0 Å². The van der Waals surface area contributed by atoms with E-state index in [0.717, 1.165) is 11.3 Å². The van der Waals surface area contributed by atoms with Crippen molar-refractivity contribution in [3.63, 3.8) is 0 Å². The number of amides is 1. The monoisotopic (exact) mass is 370 g/mol. The highest BCUT2D eigenvalue weighted by Crippen LogP contribution is 2.18. The van der Waals surface area contributed by atoms with Crippen molar-refractivity contribution in [3.8, 4) is 11.4 Å². The van der Waals surface area contributed by atoms with Gasteiger partial charge in [-0.05, 0) is 55.8 Å². The van der Waals surface area contributed by atoms with E-state index in [4.69, 9.17) is 16.3 Å². The van der Waals surface area contributed by atoms with Crippen LogP contribution in [0.2, 0.25) is 5.02 Å². The lowest BCUT2D eigenvalue weighted by molar-refractivity contribution is -0.127. The van der Waals surface area contributed by atoms with Crippen LogP contribution in [0.15, 0.2) is 61.2 Å². The summed E-state index contributed by atoms with van der Waals surface area (Å²) in [5.41, 5.74) is 1.89. The fourth-order valence-electron chi connectivity index (χ4n) is 2.44. The van der Waals surface area contributed by atoms with Crippen molar-refractivity contribution in [1.82, 2.24) is 20.1 Å². The fraction of sp³-hybridized carbons (Fsp3) is 0.211. The van der Waals surface area contributed by atoms with Gasteiger partial charge in [0.25, 0.3) is 5.91 Å². The largest absolute Gasteiger partial charge is 0.481 e. The molecule has 0 unspecified atom stereocenters. The van der Waals surface area contributed by atoms with E-state index in [-0.39, 0.29) is 11.9 Å². The first kappa shape index (κ1) is 17.9. The zero-order chi connectivity index (χ0) is 18.5. The Kier molecular flexibility index (Phi) is 5.53. The van der Waals surface area contributed by atoms with Crippen molar-refractivity contribution in [1.29, 1.82) is 0 Å². The summed E-state index contributed by atoms with van der Waals surface area (Å²) in [5, 5.41) is 7.67. The average Bonchev–Trinajstić information content (AvgIpc) is 3.18. The third kappa shape index (κ3) is 4.40. The molecule has 2 atom stereocenters. The van der Waals surface area contributed by atoms with Crippen molar-refractivity contribution in [2.75, 3.05) is 0 Å². The first-order valence-corrected chi connectivity index (χ1v) is 8.58. The summed E-state index contributed by atoms with van der Waals surface area (Å²) in [5.74, 6) is 0.412. The molecule has 7 heteroatoms. The molecule has 6 nitrogen and oxygen atoms in total. The first-order chi connectivity index (χ1) is 12.5. The number of carbonyl (C=O) groups excluding carboxylic acids is 1. The van der Waals surface area contributed by atoms with Crippen molar-refractivity contribution in [2.24, 2.45) is 0 Å². The summed E-state index contributed by atoms with van der Waals surface area (Å²) in [7, 11) is 0. The Balaban J connectivity index is 1.58. The Hall–Kier alpha value is -2.86. The van der Waals surface area contributed by atoms with Gasteiger partial charge in [-0.15, -0.1) is 0 Å². The summed E-state index contributed by atoms with van der Waals surface area (Å²) in [6.07, 6.45) is 2.50. The van der Waals surface area contributed by atoms with Crippen molar-refractivity contribution in [3.05, 3.63) is 71.8 Å². The van der Waals surface area contributed by atoms with Gasteiger partial charge in [0.05, 0.1) is 11.7 Å². The number of hydrogen-bond donors (Lipinski definition) is 1. The lowest BCUT2D eigenvalue weighted by atomic mass is 10.1. The second-order valence-corrected chi connectivity index (χ2v) is 6.31. The summed E-state index contributed by atoms with van der Waals surface area (Å²) in [6.45, 7) is 3.64. The van der Waals surface area contributed by atoms with Crippen molar-refractivity contribution >= 4 is 17.5 Å². The molecule has 2 aromatic carbocycles. The van der Waals surface area contributed by atoms with Crippen LogP contribution >= 0.6 is 11.6 Å². The quantitative estimate of drug-likeness (QED) is 0.720. The molecule has 1 heterocycles. The van der Waals surface area contributed by atoms with E-state index in [1.807, 2.05) is 31.2 Å². The van der Waals surface area contributed by atoms with Gasteiger partial charge in [-0.1, -0.05) is 23.7 Å². The highest BCUT2D eigenvalue weighted by molar-refractivity contribution is 6.30. The van der Waals surface area contributed by atoms with Crippen LogP contribution in [0, 0.1) is 0 Å². The molecule has 1 N–H and O–H groups in total. The minimum absolute atomic E-state index is 0.149. The first-order valence-electron chi connectivity index (χ1n) is 8.20. The number of nitrogens with one attached hydrogen (secondary N) is 1. The molecular formula is C19H19ClN4O2. The molecule has 0 saturated heterocycles. The SMILES string of the molecule is C[C@H](NC(=O)[C@@H](C)Oc1ccc(Cl)cc1)c1ccc(-n2cncn2)cc1. The van der Waals surface area contributed by atoms with Crippen LogP contribution in [0.4, 0.5) is 0 Å². The van der Waals surface area contributed by atoms with Gasteiger partial charge in [0.1, 0.15) is 18.4 Å². The number of halogens is 1. The minimum atomic E-state index is -0.618. The molecule has 0 aliphatic rings. The molecule has 0 saturated carbocycles. The topological polar surface area (TPSA) is 69.0 Å². The van der Waals surface area contributed by atoms with E-state index in [9.17, 15) is 4.79 Å². The van der Waals surface area contributed by atoms with Crippen LogP contribution in [0.1, 0.15) is 25.5 Å². The number of nitrogens with zero attached hydrogens (tertiary/aromatic N) is 3. The van der Waals surface area contributed by atoms with E-state index in [1.54, 1.807) is 42.2 Å². The summed E-state index contributed by atoms with van der Waals surface area (Å²) < 4.78 is 7.32. The maximum absolute atomic E-state index is 12.4. The maximum Gasteiger partial charge on any atom is 0.261 e. The molecule has 3 rings (SSSR count). The fourth-order valence-corrected chi connectivity index (χ4v) is 2.57. The van der Waals surface area contributed by atoms with E-state index in [2.05, 4.69) is 15.4 Å². The van der Waals surface area contributed by atoms with Gasteiger partial charge in [0.2, 0.25) is 0 Å². The molecule has 0 radical (unpaired) electrons. The molecule has 3 aromatic rings. The molecule has 1 aromatic heterocycles. The van der Waals surface area contributed by atoms with Crippen LogP contribution in [0.25, 0.3) is 5.69 Å². The second kappa shape index (κ2) is 8.01. The Morgan fingerprint density at radius 1 is 1.12 bits per heavy atom. The summed E-state index contributed by atoms with van der Waals surface area (Å²) in [4.78, 5) is 16.3. The second-order valence-electron chi connectivity index (χ2n) is 5.88. The van der Waals surface area contributed by atoms with E-state index in [1.165, 1.54) is 6.33 Å². The molecular weight excluding hydrogens is 352 g/mol. The third-order valence-corrected chi connectivity index (χ3v) is 4.18. The Labute approximate surface area is 156 Å². The lowest BCUT2D eigenvalue weighted by Crippen LogP contribution is -2.37. The highest BCUT2D eigenvalue weighted by Gasteiger charge is 2.17. The molecule has 0 aliphatic carbocycles. The minimum Gasteiger partial charge on any atom is -0.481 e.